The number of carboxylic acids is 4. The first-order valence-corrected chi connectivity index (χ1v) is 48.5. The van der Waals surface area contributed by atoms with Crippen LogP contribution in [-0.4, -0.2) is 131 Å². The first-order valence-electron chi connectivity index (χ1n) is 47.0. The van der Waals surface area contributed by atoms with E-state index in [1.807, 2.05) is 34.2 Å². The summed E-state index contributed by atoms with van der Waals surface area (Å²) in [5.41, 5.74) is 10.5. The SMILES string of the molecule is CC(C)(C)CCc1ccc(C23CCC(F)(F)CC2=CN(CCC(=O)O)C(=O)C3)cc1Cl.CC(C)(C)CCc1ccc([C@@]23CCCCC2=CN(C24CC(C(=O)O)(C2)C4)C(=O)C3)cc1Cl.CC1C2=CN(C34CC(C(=O)O)(C3)C4)C(=O)CC2(c2ccc(CCC(C)(C)C)c(Cl)c2)CC1(C)C.COCCC1CCC2(c3ccc(CCC(C)(C)C)c(Cl)c3)CC(=O)N(CCC(=O)O)C=C12. The first-order chi connectivity index (χ1) is 60.0. The van der Waals surface area contributed by atoms with Crippen molar-refractivity contribution in [3.8, 4) is 0 Å². The van der Waals surface area contributed by atoms with Gasteiger partial charge < -0.3 is 44.8 Å². The van der Waals surface area contributed by atoms with Gasteiger partial charge in [0, 0.05) is 132 Å². The smallest absolute Gasteiger partial charge is 0.309 e. The van der Waals surface area contributed by atoms with Gasteiger partial charge in [0.05, 0.1) is 34.7 Å². The van der Waals surface area contributed by atoms with Crippen molar-refractivity contribution in [2.45, 2.75) is 342 Å². The van der Waals surface area contributed by atoms with Gasteiger partial charge in [-0.15, -0.1) is 0 Å². The minimum absolute atomic E-state index is 0.0182. The quantitative estimate of drug-likeness (QED) is 0.0483. The van der Waals surface area contributed by atoms with E-state index < -0.39 is 52.5 Å². The number of benzene rings is 4. The number of amides is 4. The van der Waals surface area contributed by atoms with Crippen molar-refractivity contribution in [2.24, 2.45) is 49.7 Å². The van der Waals surface area contributed by atoms with E-state index >= 15 is 0 Å². The molecule has 4 aliphatic heterocycles. The Bertz CT molecular complexity index is 5150. The molecule has 4 aromatic rings. The topological polar surface area (TPSA) is 240 Å². The van der Waals surface area contributed by atoms with Crippen LogP contribution in [0.3, 0.4) is 0 Å². The van der Waals surface area contributed by atoms with Gasteiger partial charge in [-0.2, -0.15) is 0 Å². The summed E-state index contributed by atoms with van der Waals surface area (Å²) in [6.45, 7) is 34.4. The monoisotopic (exact) mass is 1850 g/mol. The molecule has 4 aromatic carbocycles. The minimum Gasteiger partial charge on any atom is -0.481 e. The van der Waals surface area contributed by atoms with Gasteiger partial charge in [-0.05, 0) is 271 Å². The number of rotatable bonds is 25. The van der Waals surface area contributed by atoms with Gasteiger partial charge in [0.25, 0.3) is 5.92 Å². The highest BCUT2D eigenvalue weighted by Gasteiger charge is 2.77. The first kappa shape index (κ1) is 99.1. The lowest BCUT2D eigenvalue weighted by Crippen LogP contribution is -2.77. The Morgan fingerprint density at radius 3 is 1.23 bits per heavy atom. The molecule has 0 spiro atoms. The van der Waals surface area contributed by atoms with E-state index in [1.54, 1.807) is 12.0 Å². The second-order valence-electron chi connectivity index (χ2n) is 46.3. The number of halogens is 6. The normalized spacial score (nSPS) is 29.2. The summed E-state index contributed by atoms with van der Waals surface area (Å²) in [5, 5.41) is 40.0. The number of carboxylic acid groups (broad SMARTS) is 4. The maximum absolute atomic E-state index is 14.3. The van der Waals surface area contributed by atoms with Crippen molar-refractivity contribution in [3.05, 3.63) is 184 Å². The van der Waals surface area contributed by atoms with Crippen LogP contribution in [0.15, 0.2) is 120 Å². The number of nitrogens with zero attached hydrogens (tertiary/aromatic N) is 4. The molecular weight excluding hydrogens is 1720 g/mol. The number of hydrogen-bond donors (Lipinski definition) is 4. The van der Waals surface area contributed by atoms with Gasteiger partial charge in [0.1, 0.15) is 0 Å². The van der Waals surface area contributed by atoms with E-state index in [1.165, 1.54) is 44.5 Å². The largest absolute Gasteiger partial charge is 0.481 e. The summed E-state index contributed by atoms with van der Waals surface area (Å²) in [5.74, 6) is -5.55. The molecule has 18 rings (SSSR count). The highest BCUT2D eigenvalue weighted by atomic mass is 35.5. The molecule has 4 bridgehead atoms. The number of methoxy groups -OCH3 is 1. The van der Waals surface area contributed by atoms with Crippen LogP contribution >= 0.6 is 46.4 Å². The van der Waals surface area contributed by atoms with Crippen LogP contribution in [0.1, 0.15) is 322 Å². The number of aryl methyl sites for hydroxylation is 4. The predicted octanol–water partition coefficient (Wildman–Crippen LogP) is 24.6. The van der Waals surface area contributed by atoms with Gasteiger partial charge >= 0.3 is 23.9 Å². The van der Waals surface area contributed by atoms with E-state index in [0.29, 0.717) is 86.8 Å². The predicted molar refractivity (Wildman–Crippen MR) is 503 cm³/mol. The number of carbonyl (C=O) groups excluding carboxylic acids is 4. The van der Waals surface area contributed by atoms with Crippen molar-refractivity contribution in [2.75, 3.05) is 26.8 Å². The zero-order valence-electron chi connectivity index (χ0n) is 79.0. The fourth-order valence-electron chi connectivity index (χ4n) is 23.6. The van der Waals surface area contributed by atoms with Gasteiger partial charge in [-0.1, -0.05) is 205 Å². The third-order valence-corrected chi connectivity index (χ3v) is 33.1. The third kappa shape index (κ3) is 20.4. The van der Waals surface area contributed by atoms with Crippen molar-refractivity contribution in [1.82, 2.24) is 19.6 Å². The summed E-state index contributed by atoms with van der Waals surface area (Å²) in [6, 6.07) is 25.0. The minimum atomic E-state index is -2.84. The maximum atomic E-state index is 14.3. The molecule has 10 aliphatic carbocycles. The summed E-state index contributed by atoms with van der Waals surface area (Å²) >= 11 is 26.9. The third-order valence-electron chi connectivity index (χ3n) is 31.6. The van der Waals surface area contributed by atoms with E-state index in [2.05, 4.69) is 171 Å². The molecule has 14 aliphatic rings. The van der Waals surface area contributed by atoms with Gasteiger partial charge in [-0.25, -0.2) is 8.78 Å². The van der Waals surface area contributed by atoms with Crippen molar-refractivity contribution in [1.29, 1.82) is 0 Å². The Balaban J connectivity index is 0.000000147. The van der Waals surface area contributed by atoms with E-state index in [9.17, 15) is 57.4 Å². The van der Waals surface area contributed by atoms with Crippen molar-refractivity contribution in [3.63, 3.8) is 0 Å². The van der Waals surface area contributed by atoms with Gasteiger partial charge in [0.15, 0.2) is 0 Å². The lowest BCUT2D eigenvalue weighted by atomic mass is 9.38. The molecule has 10 fully saturated rings. The molecule has 0 aromatic heterocycles. The summed E-state index contributed by atoms with van der Waals surface area (Å²) in [4.78, 5) is 105. The molecule has 4 amide bonds. The maximum Gasteiger partial charge on any atom is 0.309 e. The highest BCUT2D eigenvalue weighted by Crippen LogP contribution is 2.73. The number of aliphatic carboxylic acids is 4. The summed E-state index contributed by atoms with van der Waals surface area (Å²) in [6.07, 6.45) is 27.4. The molecule has 4 N–H and O–H groups in total. The molecule has 702 valence electrons. The zero-order chi connectivity index (χ0) is 94.4. The Morgan fingerprint density at radius 2 is 0.829 bits per heavy atom. The molecule has 0 saturated heterocycles. The second kappa shape index (κ2) is 36.4. The highest BCUT2D eigenvalue weighted by molar-refractivity contribution is 6.32. The lowest BCUT2D eigenvalue weighted by molar-refractivity contribution is -0.224. The average Bonchev–Trinajstić information content (AvgIpc) is 1.27. The Labute approximate surface area is 783 Å². The van der Waals surface area contributed by atoms with Gasteiger partial charge in [-0.3, -0.25) is 38.4 Å². The number of ether oxygens (including phenoxy) is 1. The van der Waals surface area contributed by atoms with E-state index in [-0.39, 0.29) is 123 Å². The fraction of sp³-hybridized carbons (Fsp3) is 0.623. The van der Waals surface area contributed by atoms with Crippen LogP contribution in [0.2, 0.25) is 20.1 Å². The van der Waals surface area contributed by atoms with Crippen LogP contribution in [0, 0.1) is 49.7 Å². The lowest BCUT2D eigenvalue weighted by Gasteiger charge is -2.71. The molecule has 10 saturated carbocycles. The Morgan fingerprint density at radius 1 is 0.450 bits per heavy atom. The van der Waals surface area contributed by atoms with Crippen molar-refractivity contribution >= 4 is 93.9 Å². The number of hydrogen-bond acceptors (Lipinski definition) is 9. The molecule has 23 heteroatoms. The Hall–Kier alpha value is -7.42. The van der Waals surface area contributed by atoms with E-state index in [4.69, 9.17) is 61.4 Å². The fourth-order valence-corrected chi connectivity index (χ4v) is 24.7. The number of allylic oxidation sites excluding steroid dienone is 4. The van der Waals surface area contributed by atoms with Crippen LogP contribution in [0.4, 0.5) is 8.78 Å². The van der Waals surface area contributed by atoms with Crippen LogP contribution in [0.5, 0.6) is 0 Å². The second-order valence-corrected chi connectivity index (χ2v) is 47.9. The van der Waals surface area contributed by atoms with Crippen LogP contribution < -0.4 is 0 Å². The van der Waals surface area contributed by atoms with E-state index in [0.717, 1.165) is 146 Å². The molecule has 4 heterocycles. The standard InChI is InChI=1S/C29H38ClNO3.C27H34ClNO3.C26H36ClNO4.C24H30ClF2NO3/c1-18-21-13-31(28-15-27(16-28,17-28)24(33)34)23(32)12-29(21,14-26(18,5)6)20-8-7-19(22(30)11-20)9-10-25(2,3)4;1-24(2,3)11-9-18-7-8-19(12-21(18)28)27-10-5-4-6-20(27)14-29(22(30)13-27)26-15-25(16-26,17-26)23(31)32;1-25(2,3)11-7-19-5-6-20(15-22(19)27)26-12-8-18(10-14-32-4)21(26)17-28(23(29)16-26)13-9-24(30)31;1-22(2,3)8-6-16-4-5-17(12-19(16)25)23-9-10-24(26,27)13-18(23)15-28(20(29)14-23)11-7-21(30)31/h7-8,11,13,18H,9-10,12,14-17H2,1-6H3,(H,33,34);7-8,12,14H,4-6,9-11,13,15-17H2,1-3H3,(H,31,32);5-6,15,17-18H,7-14,16H2,1-4H3,(H,30,31);4-5,12,15H,6-11,13-14H2,1-3H3,(H,30,31)/t;25?,26?,27-;;/m.0../s1. The summed E-state index contributed by atoms with van der Waals surface area (Å²) < 4.78 is 33.9. The number of alkyl halides is 2. The molecule has 129 heavy (non-hydrogen) atoms. The molecular formula is C106H138Cl4F2N4O13. The number of carbonyl (C=O) groups is 8. The molecule has 5 unspecified atom stereocenters. The summed E-state index contributed by atoms with van der Waals surface area (Å²) in [7, 11) is 1.70. The Kier molecular flexibility index (Phi) is 28.0. The van der Waals surface area contributed by atoms with Crippen LogP contribution in [-0.2, 0) is 90.4 Å². The zero-order valence-corrected chi connectivity index (χ0v) is 82.0. The van der Waals surface area contributed by atoms with Crippen LogP contribution in [0.25, 0.3) is 0 Å². The molecule has 6 atom stereocenters. The average molecular weight is 1860 g/mol. The number of fused-ring (bicyclic) bond motifs is 4. The van der Waals surface area contributed by atoms with Gasteiger partial charge in [0.2, 0.25) is 23.6 Å². The molecule has 0 radical (unpaired) electrons. The van der Waals surface area contributed by atoms with Crippen molar-refractivity contribution < 1.29 is 72.3 Å². The molecule has 17 nitrogen and oxygen atoms in total.